The van der Waals surface area contributed by atoms with Gasteiger partial charge < -0.3 is 15.0 Å². The number of fused-ring (bicyclic) bond motifs is 3. The van der Waals surface area contributed by atoms with Crippen LogP contribution in [0.3, 0.4) is 0 Å². The molecule has 214 valence electrons. The van der Waals surface area contributed by atoms with Crippen molar-refractivity contribution in [2.75, 3.05) is 18.4 Å². The largest absolute Gasteiger partial charge is 0.444 e. The summed E-state index contributed by atoms with van der Waals surface area (Å²) in [6, 6.07) is 1.70. The van der Waals surface area contributed by atoms with Crippen molar-refractivity contribution >= 4 is 12.0 Å². The highest BCUT2D eigenvalue weighted by Crippen LogP contribution is 2.42. The number of halogens is 6. The molecule has 2 aromatic rings. The fraction of sp³-hybridized carbons (Fsp3) is 0.654. The molecule has 7 nitrogen and oxygen atoms in total. The molecule has 2 fully saturated rings. The first kappa shape index (κ1) is 27.6. The zero-order valence-electron chi connectivity index (χ0n) is 21.9. The van der Waals surface area contributed by atoms with E-state index in [0.29, 0.717) is 44.2 Å². The molecule has 1 amide bonds. The fourth-order valence-electron chi connectivity index (χ4n) is 5.99. The van der Waals surface area contributed by atoms with E-state index in [4.69, 9.17) is 4.74 Å². The summed E-state index contributed by atoms with van der Waals surface area (Å²) >= 11 is 0. The van der Waals surface area contributed by atoms with Crippen LogP contribution in [0.25, 0.3) is 0 Å². The number of rotatable bonds is 3. The van der Waals surface area contributed by atoms with Crippen LogP contribution in [0.4, 0.5) is 37.1 Å². The second-order valence-corrected chi connectivity index (χ2v) is 11.7. The van der Waals surface area contributed by atoms with E-state index in [1.165, 1.54) is 0 Å². The molecule has 1 aliphatic carbocycles. The van der Waals surface area contributed by atoms with Crippen molar-refractivity contribution in [2.45, 2.75) is 82.9 Å². The van der Waals surface area contributed by atoms with Gasteiger partial charge in [-0.15, -0.1) is 5.10 Å². The third kappa shape index (κ3) is 5.81. The molecular formula is C26H31F6N5O2. The number of benzene rings is 1. The Balaban J connectivity index is 1.37. The Morgan fingerprint density at radius 3 is 2.08 bits per heavy atom. The van der Waals surface area contributed by atoms with E-state index in [-0.39, 0.29) is 35.6 Å². The first-order chi connectivity index (χ1) is 18.1. The number of carbonyl (C=O) groups is 1. The molecule has 39 heavy (non-hydrogen) atoms. The monoisotopic (exact) mass is 559 g/mol. The highest BCUT2D eigenvalue weighted by Gasteiger charge is 2.45. The second-order valence-electron chi connectivity index (χ2n) is 11.7. The lowest BCUT2D eigenvalue weighted by molar-refractivity contribution is -0.143. The van der Waals surface area contributed by atoms with Crippen molar-refractivity contribution in [1.82, 2.24) is 19.7 Å². The number of anilines is 1. The van der Waals surface area contributed by atoms with Gasteiger partial charge in [0.2, 0.25) is 5.95 Å². The number of hydrogen-bond acceptors (Lipinski definition) is 5. The van der Waals surface area contributed by atoms with Crippen molar-refractivity contribution in [3.63, 3.8) is 0 Å². The first-order valence-electron chi connectivity index (χ1n) is 13.1. The lowest BCUT2D eigenvalue weighted by Crippen LogP contribution is -2.51. The SMILES string of the molecule is CC(C)(C)OC(=O)N1CC2CC[C@@H](C1)C2Nc1nc2n(n1)CCCC2c1cc(C(F)(F)F)cc(C(F)(F)F)c1. The van der Waals surface area contributed by atoms with Gasteiger partial charge in [-0.2, -0.15) is 31.3 Å². The van der Waals surface area contributed by atoms with Crippen molar-refractivity contribution in [1.29, 1.82) is 0 Å². The van der Waals surface area contributed by atoms with Crippen molar-refractivity contribution in [3.8, 4) is 0 Å². The number of carbonyl (C=O) groups excluding carboxylic acids is 1. The molecule has 0 radical (unpaired) electrons. The fourth-order valence-corrected chi connectivity index (χ4v) is 5.99. The van der Waals surface area contributed by atoms with Crippen LogP contribution in [0.5, 0.6) is 0 Å². The number of nitrogens with zero attached hydrogens (tertiary/aromatic N) is 4. The van der Waals surface area contributed by atoms with Gasteiger partial charge in [-0.3, -0.25) is 0 Å². The second kappa shape index (κ2) is 9.58. The van der Waals surface area contributed by atoms with Crippen LogP contribution < -0.4 is 5.32 Å². The van der Waals surface area contributed by atoms with E-state index in [2.05, 4.69) is 15.4 Å². The van der Waals surface area contributed by atoms with Crippen LogP contribution in [0.1, 0.15) is 74.9 Å². The summed E-state index contributed by atoms with van der Waals surface area (Å²) in [5.74, 6) is 0.175. The summed E-state index contributed by atoms with van der Waals surface area (Å²) in [4.78, 5) is 18.9. The number of amides is 1. The molecular weight excluding hydrogens is 528 g/mol. The summed E-state index contributed by atoms with van der Waals surface area (Å²) in [6.45, 7) is 6.95. The van der Waals surface area contributed by atoms with Gasteiger partial charge in [0.05, 0.1) is 11.1 Å². The number of nitrogens with one attached hydrogen (secondary N) is 1. The Labute approximate surface area is 221 Å². The molecule has 1 aromatic carbocycles. The van der Waals surface area contributed by atoms with E-state index in [9.17, 15) is 31.1 Å². The zero-order valence-corrected chi connectivity index (χ0v) is 21.9. The average molecular weight is 560 g/mol. The van der Waals surface area contributed by atoms with Gasteiger partial charge in [-0.1, -0.05) is 0 Å². The molecule has 1 N–H and O–H groups in total. The third-order valence-corrected chi connectivity index (χ3v) is 7.67. The Bertz CT molecular complexity index is 1190. The van der Waals surface area contributed by atoms with Gasteiger partial charge in [0.1, 0.15) is 11.4 Å². The molecule has 13 heteroatoms. The van der Waals surface area contributed by atoms with Gasteiger partial charge in [0.25, 0.3) is 0 Å². The van der Waals surface area contributed by atoms with Crippen LogP contribution in [0.15, 0.2) is 18.2 Å². The summed E-state index contributed by atoms with van der Waals surface area (Å²) < 4.78 is 87.8. The Morgan fingerprint density at radius 1 is 0.949 bits per heavy atom. The molecule has 4 atom stereocenters. The predicted octanol–water partition coefficient (Wildman–Crippen LogP) is 6.30. The minimum absolute atomic E-state index is 0.00280. The minimum Gasteiger partial charge on any atom is -0.444 e. The van der Waals surface area contributed by atoms with Gasteiger partial charge in [0.15, 0.2) is 0 Å². The lowest BCUT2D eigenvalue weighted by Gasteiger charge is -2.38. The van der Waals surface area contributed by atoms with Crippen molar-refractivity contribution < 1.29 is 35.9 Å². The number of ether oxygens (including phenoxy) is 1. The normalized spacial score (nSPS) is 25.4. The molecule has 1 aromatic heterocycles. The van der Waals surface area contributed by atoms with Crippen LogP contribution >= 0.6 is 0 Å². The Kier molecular flexibility index (Phi) is 6.77. The molecule has 0 spiro atoms. The van der Waals surface area contributed by atoms with Crippen LogP contribution in [-0.2, 0) is 23.6 Å². The number of piperidine rings is 1. The van der Waals surface area contributed by atoms with Gasteiger partial charge in [-0.25, -0.2) is 9.48 Å². The van der Waals surface area contributed by atoms with Crippen LogP contribution in [-0.4, -0.2) is 50.5 Å². The van der Waals surface area contributed by atoms with E-state index in [1.807, 2.05) is 20.8 Å². The molecule has 2 aliphatic heterocycles. The highest BCUT2D eigenvalue weighted by molar-refractivity contribution is 5.68. The Hall–Kier alpha value is -2.99. The van der Waals surface area contributed by atoms with Crippen molar-refractivity contribution in [3.05, 3.63) is 40.7 Å². The summed E-state index contributed by atoms with van der Waals surface area (Å²) in [5, 5.41) is 7.88. The number of alkyl halides is 6. The summed E-state index contributed by atoms with van der Waals surface area (Å²) in [7, 11) is 0. The topological polar surface area (TPSA) is 72.3 Å². The Morgan fingerprint density at radius 2 is 1.54 bits per heavy atom. The van der Waals surface area contributed by atoms with Crippen LogP contribution in [0.2, 0.25) is 0 Å². The molecule has 3 aliphatic rings. The summed E-state index contributed by atoms with van der Waals surface area (Å²) in [6.07, 6.45) is -7.48. The van der Waals surface area contributed by atoms with E-state index < -0.39 is 35.0 Å². The zero-order chi connectivity index (χ0) is 28.3. The van der Waals surface area contributed by atoms with E-state index in [1.54, 1.807) is 9.58 Å². The standard InChI is InChI=1S/C26H31F6N5O2/c1-24(2,3)39-23(38)36-12-14-6-7-15(13-36)20(14)33-22-34-21-19(5-4-8-37(21)35-22)16-9-17(25(27,28)29)11-18(10-16)26(30,31)32/h9-11,14-15,19-20H,4-8,12-13H2,1-3H3,(H,33,35)/t14-,15?,19?,20?/m0/s1. The number of aromatic nitrogens is 3. The third-order valence-electron chi connectivity index (χ3n) is 7.67. The predicted molar refractivity (Wildman–Crippen MR) is 129 cm³/mol. The van der Waals surface area contributed by atoms with Crippen molar-refractivity contribution in [2.24, 2.45) is 11.8 Å². The van der Waals surface area contributed by atoms with Crippen LogP contribution in [0, 0.1) is 11.8 Å². The molecule has 2 bridgehead atoms. The quantitative estimate of drug-likeness (QED) is 0.447. The van der Waals surface area contributed by atoms with Gasteiger partial charge >= 0.3 is 18.4 Å². The molecule has 5 rings (SSSR count). The molecule has 1 saturated carbocycles. The molecule has 1 saturated heterocycles. The van der Waals surface area contributed by atoms with E-state index in [0.717, 1.165) is 25.0 Å². The smallest absolute Gasteiger partial charge is 0.416 e. The maximum atomic E-state index is 13.5. The first-order valence-corrected chi connectivity index (χ1v) is 13.1. The highest BCUT2D eigenvalue weighted by atomic mass is 19.4. The maximum Gasteiger partial charge on any atom is 0.416 e. The minimum atomic E-state index is -4.92. The molecule has 3 unspecified atom stereocenters. The average Bonchev–Trinajstić information content (AvgIpc) is 3.32. The maximum absolute atomic E-state index is 13.5. The van der Waals surface area contributed by atoms with Gasteiger partial charge in [-0.05, 0) is 82.1 Å². The van der Waals surface area contributed by atoms with E-state index >= 15 is 0 Å². The number of aryl methyl sites for hydroxylation is 1. The number of likely N-dealkylation sites (tertiary alicyclic amines) is 1. The van der Waals surface area contributed by atoms with Gasteiger partial charge in [0, 0.05) is 31.6 Å². The number of hydrogen-bond donors (Lipinski definition) is 1. The molecule has 3 heterocycles. The summed E-state index contributed by atoms with van der Waals surface area (Å²) in [5.41, 5.74) is -3.35. The lowest BCUT2D eigenvalue weighted by atomic mass is 9.88.